The third-order valence-electron chi connectivity index (χ3n) is 3.77. The lowest BCUT2D eigenvalue weighted by molar-refractivity contribution is 0.309. The quantitative estimate of drug-likeness (QED) is 0.407. The zero-order chi connectivity index (χ0) is 19.1. The molecule has 0 aliphatic rings. The number of fused-ring (bicyclic) bond motifs is 1. The first-order chi connectivity index (χ1) is 13.2. The van der Waals surface area contributed by atoms with Crippen molar-refractivity contribution in [2.75, 3.05) is 23.8 Å². The average Bonchev–Trinajstić information content (AvgIpc) is 3.05. The molecular weight excluding hydrogens is 362 g/mol. The normalized spacial score (nSPS) is 10.6. The molecule has 0 aliphatic heterocycles. The van der Waals surface area contributed by atoms with Crippen molar-refractivity contribution in [3.05, 3.63) is 42.5 Å². The molecule has 0 bridgehead atoms. The van der Waals surface area contributed by atoms with Crippen molar-refractivity contribution in [3.63, 3.8) is 0 Å². The molecule has 27 heavy (non-hydrogen) atoms. The molecule has 3 aromatic rings. The number of nitrogens with one attached hydrogen (secondary N) is 2. The van der Waals surface area contributed by atoms with Crippen LogP contribution in [0.1, 0.15) is 26.7 Å². The minimum atomic E-state index is 0.329. The first kappa shape index (κ1) is 19.0. The molecule has 0 saturated heterocycles. The Morgan fingerprint density at radius 3 is 2.56 bits per heavy atom. The Labute approximate surface area is 163 Å². The van der Waals surface area contributed by atoms with E-state index in [-0.39, 0.29) is 0 Å². The summed E-state index contributed by atoms with van der Waals surface area (Å²) < 4.78 is 16.8. The van der Waals surface area contributed by atoms with Crippen molar-refractivity contribution in [2.45, 2.75) is 26.7 Å². The molecule has 142 valence electrons. The third-order valence-corrected chi connectivity index (χ3v) is 3.97. The molecule has 0 fully saturated rings. The number of hydrogen-bond acceptors (Lipinski definition) is 5. The highest BCUT2D eigenvalue weighted by atomic mass is 32.1. The monoisotopic (exact) mass is 385 g/mol. The van der Waals surface area contributed by atoms with Crippen molar-refractivity contribution in [1.82, 2.24) is 4.98 Å². The highest BCUT2D eigenvalue weighted by Gasteiger charge is 2.09. The molecule has 7 heteroatoms. The molecule has 0 amide bonds. The summed E-state index contributed by atoms with van der Waals surface area (Å²) >= 11 is 5.33. The number of oxazole rings is 1. The molecule has 0 aliphatic carbocycles. The van der Waals surface area contributed by atoms with Gasteiger partial charge in [-0.15, -0.1) is 0 Å². The predicted molar refractivity (Wildman–Crippen MR) is 112 cm³/mol. The number of aromatic nitrogens is 1. The summed E-state index contributed by atoms with van der Waals surface area (Å²) in [6.45, 7) is 5.40. The van der Waals surface area contributed by atoms with Gasteiger partial charge < -0.3 is 19.2 Å². The topological polar surface area (TPSA) is 68.5 Å². The Kier molecular flexibility index (Phi) is 6.49. The largest absolute Gasteiger partial charge is 0.494 e. The van der Waals surface area contributed by atoms with E-state index in [0.29, 0.717) is 23.3 Å². The summed E-state index contributed by atoms with van der Waals surface area (Å²) in [5.41, 5.74) is 2.22. The first-order valence-electron chi connectivity index (χ1n) is 9.02. The zero-order valence-corrected chi connectivity index (χ0v) is 16.3. The summed E-state index contributed by atoms with van der Waals surface area (Å²) in [6, 6.07) is 13.5. The van der Waals surface area contributed by atoms with Crippen LogP contribution in [0.4, 0.5) is 11.7 Å². The fourth-order valence-corrected chi connectivity index (χ4v) is 2.65. The van der Waals surface area contributed by atoms with Crippen LogP contribution >= 0.6 is 12.2 Å². The van der Waals surface area contributed by atoms with Gasteiger partial charge in [-0.1, -0.05) is 13.3 Å². The SMILES string of the molecule is CCCCOc1ccc(NC(=S)Nc2nc3ccc(OCC)cc3o2)cc1. The molecule has 1 heterocycles. The van der Waals surface area contributed by atoms with E-state index < -0.39 is 0 Å². The van der Waals surface area contributed by atoms with E-state index in [1.54, 1.807) is 0 Å². The van der Waals surface area contributed by atoms with E-state index in [2.05, 4.69) is 22.5 Å². The van der Waals surface area contributed by atoms with Gasteiger partial charge in [-0.05, 0) is 62.0 Å². The fourth-order valence-electron chi connectivity index (χ4n) is 2.44. The van der Waals surface area contributed by atoms with E-state index in [1.807, 2.05) is 49.4 Å². The van der Waals surface area contributed by atoms with Gasteiger partial charge in [0.2, 0.25) is 0 Å². The van der Waals surface area contributed by atoms with Crippen LogP contribution in [-0.4, -0.2) is 23.3 Å². The summed E-state index contributed by atoms with van der Waals surface area (Å²) in [4.78, 5) is 4.37. The first-order valence-corrected chi connectivity index (χ1v) is 9.43. The summed E-state index contributed by atoms with van der Waals surface area (Å²) in [7, 11) is 0. The molecular formula is C20H23N3O3S. The van der Waals surface area contributed by atoms with Gasteiger partial charge in [0.05, 0.1) is 13.2 Å². The maximum absolute atomic E-state index is 5.69. The molecule has 2 aromatic carbocycles. The molecule has 2 N–H and O–H groups in total. The maximum Gasteiger partial charge on any atom is 0.302 e. The lowest BCUT2D eigenvalue weighted by Crippen LogP contribution is -2.19. The second kappa shape index (κ2) is 9.23. The van der Waals surface area contributed by atoms with Crippen LogP contribution < -0.4 is 20.1 Å². The van der Waals surface area contributed by atoms with E-state index >= 15 is 0 Å². The smallest absolute Gasteiger partial charge is 0.302 e. The molecule has 0 unspecified atom stereocenters. The molecule has 0 spiro atoms. The summed E-state index contributed by atoms with van der Waals surface area (Å²) in [6.07, 6.45) is 2.16. The molecule has 1 aromatic heterocycles. The second-order valence-corrected chi connectivity index (χ2v) is 6.30. The zero-order valence-electron chi connectivity index (χ0n) is 15.5. The van der Waals surface area contributed by atoms with Gasteiger partial charge in [-0.2, -0.15) is 4.98 Å². The van der Waals surface area contributed by atoms with Gasteiger partial charge >= 0.3 is 6.01 Å². The van der Waals surface area contributed by atoms with Crippen molar-refractivity contribution >= 4 is 40.1 Å². The van der Waals surface area contributed by atoms with Crippen LogP contribution in [0.25, 0.3) is 11.1 Å². The Morgan fingerprint density at radius 1 is 1.04 bits per heavy atom. The van der Waals surface area contributed by atoms with Crippen molar-refractivity contribution in [1.29, 1.82) is 0 Å². The highest BCUT2D eigenvalue weighted by molar-refractivity contribution is 7.80. The summed E-state index contributed by atoms with van der Waals surface area (Å²) in [5.74, 6) is 1.59. The van der Waals surface area contributed by atoms with Gasteiger partial charge in [0, 0.05) is 11.8 Å². The van der Waals surface area contributed by atoms with Crippen molar-refractivity contribution in [3.8, 4) is 11.5 Å². The number of anilines is 2. The third kappa shape index (κ3) is 5.34. The summed E-state index contributed by atoms with van der Waals surface area (Å²) in [5, 5.41) is 6.45. The maximum atomic E-state index is 5.69. The Bertz CT molecular complexity index is 893. The van der Waals surface area contributed by atoms with E-state index in [0.717, 1.165) is 42.2 Å². The number of unbranched alkanes of at least 4 members (excludes halogenated alkanes) is 1. The molecule has 3 rings (SSSR count). The van der Waals surface area contributed by atoms with Crippen LogP contribution in [0.3, 0.4) is 0 Å². The lowest BCUT2D eigenvalue weighted by Gasteiger charge is -2.09. The van der Waals surface area contributed by atoms with Gasteiger partial charge in [0.15, 0.2) is 10.7 Å². The fraction of sp³-hybridized carbons (Fsp3) is 0.300. The van der Waals surface area contributed by atoms with Crippen molar-refractivity contribution < 1.29 is 13.9 Å². The second-order valence-electron chi connectivity index (χ2n) is 5.89. The minimum absolute atomic E-state index is 0.329. The number of hydrogen-bond donors (Lipinski definition) is 2. The van der Waals surface area contributed by atoms with Gasteiger partial charge in [-0.3, -0.25) is 5.32 Å². The number of nitrogens with zero attached hydrogens (tertiary/aromatic N) is 1. The van der Waals surface area contributed by atoms with Crippen LogP contribution in [0.5, 0.6) is 11.5 Å². The Morgan fingerprint density at radius 2 is 1.81 bits per heavy atom. The van der Waals surface area contributed by atoms with Gasteiger partial charge in [0.25, 0.3) is 0 Å². The Hall–Kier alpha value is -2.80. The number of rotatable bonds is 8. The van der Waals surface area contributed by atoms with Crippen LogP contribution in [-0.2, 0) is 0 Å². The molecule has 0 saturated carbocycles. The van der Waals surface area contributed by atoms with E-state index in [1.165, 1.54) is 0 Å². The van der Waals surface area contributed by atoms with Crippen LogP contribution in [0, 0.1) is 0 Å². The van der Waals surface area contributed by atoms with Gasteiger partial charge in [-0.25, -0.2) is 0 Å². The lowest BCUT2D eigenvalue weighted by atomic mass is 10.3. The number of ether oxygens (including phenoxy) is 2. The van der Waals surface area contributed by atoms with Gasteiger partial charge in [0.1, 0.15) is 17.0 Å². The minimum Gasteiger partial charge on any atom is -0.494 e. The predicted octanol–water partition coefficient (Wildman–Crippen LogP) is 5.21. The standard InChI is InChI=1S/C20H23N3O3S/c1-3-5-12-25-15-8-6-14(7-9-15)21-20(27)23-19-22-17-11-10-16(24-4-2)13-18(17)26-19/h6-11,13H,3-5,12H2,1-2H3,(H2,21,22,23,27). The number of thiocarbonyl (C=S) groups is 1. The van der Waals surface area contributed by atoms with Crippen molar-refractivity contribution in [2.24, 2.45) is 0 Å². The molecule has 0 radical (unpaired) electrons. The molecule has 0 atom stereocenters. The van der Waals surface area contributed by atoms with E-state index in [4.69, 9.17) is 26.1 Å². The number of benzene rings is 2. The molecule has 6 nitrogen and oxygen atoms in total. The van der Waals surface area contributed by atoms with Crippen LogP contribution in [0.15, 0.2) is 46.9 Å². The van der Waals surface area contributed by atoms with E-state index in [9.17, 15) is 0 Å². The average molecular weight is 385 g/mol. The highest BCUT2D eigenvalue weighted by Crippen LogP contribution is 2.24. The van der Waals surface area contributed by atoms with Crippen LogP contribution in [0.2, 0.25) is 0 Å². The Balaban J connectivity index is 1.57.